The quantitative estimate of drug-likeness (QED) is 0.566. The largest absolute Gasteiger partial charge is 0.349 e. The Morgan fingerprint density at radius 3 is 2.27 bits per heavy atom. The fourth-order valence-electron chi connectivity index (χ4n) is 0.533. The van der Waals surface area contributed by atoms with Crippen LogP contribution in [0.4, 0.5) is 0 Å². The molecule has 3 N–H and O–H groups in total. The van der Waals surface area contributed by atoms with Gasteiger partial charge in [-0.15, -0.1) is 0 Å². The van der Waals surface area contributed by atoms with E-state index in [1.807, 2.05) is 20.8 Å². The molecule has 0 saturated heterocycles. The molecule has 4 heteroatoms. The van der Waals surface area contributed by atoms with Crippen molar-refractivity contribution in [1.82, 2.24) is 5.32 Å². The molecule has 0 heterocycles. The van der Waals surface area contributed by atoms with E-state index >= 15 is 0 Å². The highest BCUT2D eigenvalue weighted by molar-refractivity contribution is 5.80. The summed E-state index contributed by atoms with van der Waals surface area (Å²) in [4.78, 5) is 15.4. The molecule has 0 aliphatic carbocycles. The first-order valence-corrected chi connectivity index (χ1v) is 3.54. The maximum absolute atomic E-state index is 11.1. The van der Waals surface area contributed by atoms with Gasteiger partial charge in [0.05, 0.1) is 0 Å². The molecule has 0 bridgehead atoms. The Labute approximate surface area is 67.0 Å². The molecule has 1 unspecified atom stereocenters. The predicted octanol–water partition coefficient (Wildman–Crippen LogP) is 0.180. The van der Waals surface area contributed by atoms with Crippen molar-refractivity contribution in [2.75, 3.05) is 0 Å². The van der Waals surface area contributed by atoms with Gasteiger partial charge in [0.2, 0.25) is 0 Å². The molecule has 0 rings (SSSR count). The van der Waals surface area contributed by atoms with E-state index < -0.39 is 6.10 Å². The van der Waals surface area contributed by atoms with Crippen molar-refractivity contribution in [2.24, 2.45) is 5.90 Å². The zero-order chi connectivity index (χ0) is 9.07. The van der Waals surface area contributed by atoms with Crippen LogP contribution in [0.5, 0.6) is 0 Å². The summed E-state index contributed by atoms with van der Waals surface area (Å²) in [6.07, 6.45) is -0.589. The number of hydrogen-bond acceptors (Lipinski definition) is 3. The van der Waals surface area contributed by atoms with E-state index in [4.69, 9.17) is 5.90 Å². The molecule has 0 aliphatic rings. The van der Waals surface area contributed by atoms with Crippen LogP contribution >= 0.6 is 0 Å². The van der Waals surface area contributed by atoms with Crippen LogP contribution in [0.2, 0.25) is 0 Å². The molecule has 0 aromatic heterocycles. The van der Waals surface area contributed by atoms with E-state index in [1.54, 1.807) is 6.92 Å². The standard InChI is InChI=1S/C7H16N2O2/c1-5(11-8)6(10)9-7(2,3)4/h5H,8H2,1-4H3,(H,9,10). The Morgan fingerprint density at radius 2 is 2.00 bits per heavy atom. The van der Waals surface area contributed by atoms with E-state index in [9.17, 15) is 4.79 Å². The second-order valence-corrected chi connectivity index (χ2v) is 3.52. The summed E-state index contributed by atoms with van der Waals surface area (Å²) in [7, 11) is 0. The fraction of sp³-hybridized carbons (Fsp3) is 0.857. The zero-order valence-corrected chi connectivity index (χ0v) is 7.47. The number of nitrogens with one attached hydrogen (secondary N) is 1. The Hall–Kier alpha value is -0.610. The first-order chi connectivity index (χ1) is 4.87. The number of rotatable bonds is 2. The second-order valence-electron chi connectivity index (χ2n) is 3.52. The van der Waals surface area contributed by atoms with Gasteiger partial charge in [-0.2, -0.15) is 0 Å². The predicted molar refractivity (Wildman–Crippen MR) is 42.6 cm³/mol. The monoisotopic (exact) mass is 160 g/mol. The highest BCUT2D eigenvalue weighted by atomic mass is 16.6. The molecule has 0 saturated carbocycles. The lowest BCUT2D eigenvalue weighted by Crippen LogP contribution is -2.46. The van der Waals surface area contributed by atoms with Crippen LogP contribution in [0.3, 0.4) is 0 Å². The van der Waals surface area contributed by atoms with Crippen LogP contribution in [-0.2, 0) is 9.63 Å². The Balaban J connectivity index is 3.88. The molecule has 0 fully saturated rings. The topological polar surface area (TPSA) is 64.3 Å². The minimum absolute atomic E-state index is 0.194. The summed E-state index contributed by atoms with van der Waals surface area (Å²) in [5.41, 5.74) is -0.232. The summed E-state index contributed by atoms with van der Waals surface area (Å²) in [5.74, 6) is 4.64. The van der Waals surface area contributed by atoms with Gasteiger partial charge in [-0.05, 0) is 27.7 Å². The van der Waals surface area contributed by atoms with Crippen molar-refractivity contribution in [2.45, 2.75) is 39.3 Å². The number of hydrogen-bond donors (Lipinski definition) is 2. The molecular formula is C7H16N2O2. The van der Waals surface area contributed by atoms with Crippen LogP contribution in [0.25, 0.3) is 0 Å². The van der Waals surface area contributed by atoms with Crippen molar-refractivity contribution in [3.8, 4) is 0 Å². The highest BCUT2D eigenvalue weighted by Gasteiger charge is 2.18. The van der Waals surface area contributed by atoms with E-state index in [0.29, 0.717) is 0 Å². The van der Waals surface area contributed by atoms with Crippen LogP contribution in [0.1, 0.15) is 27.7 Å². The molecule has 4 nitrogen and oxygen atoms in total. The number of nitrogens with two attached hydrogens (primary N) is 1. The lowest BCUT2D eigenvalue weighted by atomic mass is 10.1. The molecule has 0 radical (unpaired) electrons. The summed E-state index contributed by atoms with van der Waals surface area (Å²) in [6, 6.07) is 0. The average Bonchev–Trinajstić information content (AvgIpc) is 1.82. The lowest BCUT2D eigenvalue weighted by molar-refractivity contribution is -0.133. The van der Waals surface area contributed by atoms with Gasteiger partial charge in [-0.25, -0.2) is 5.90 Å². The summed E-state index contributed by atoms with van der Waals surface area (Å²) >= 11 is 0. The van der Waals surface area contributed by atoms with E-state index in [0.717, 1.165) is 0 Å². The second kappa shape index (κ2) is 3.69. The third-order valence-electron chi connectivity index (χ3n) is 1.07. The molecule has 1 atom stereocenters. The maximum atomic E-state index is 11.1. The summed E-state index contributed by atoms with van der Waals surface area (Å²) in [6.45, 7) is 7.29. The third kappa shape index (κ3) is 4.75. The fourth-order valence-corrected chi connectivity index (χ4v) is 0.533. The average molecular weight is 160 g/mol. The molecule has 66 valence electrons. The summed E-state index contributed by atoms with van der Waals surface area (Å²) < 4.78 is 0. The molecule has 11 heavy (non-hydrogen) atoms. The highest BCUT2D eigenvalue weighted by Crippen LogP contribution is 1.99. The number of amides is 1. The van der Waals surface area contributed by atoms with Gasteiger partial charge in [0.25, 0.3) is 5.91 Å². The van der Waals surface area contributed by atoms with Crippen LogP contribution < -0.4 is 11.2 Å². The van der Waals surface area contributed by atoms with Crippen molar-refractivity contribution in [3.05, 3.63) is 0 Å². The van der Waals surface area contributed by atoms with Gasteiger partial charge in [-0.1, -0.05) is 0 Å². The Bertz CT molecular complexity index is 140. The summed E-state index contributed by atoms with van der Waals surface area (Å²) in [5, 5.41) is 2.73. The minimum Gasteiger partial charge on any atom is -0.349 e. The Kier molecular flexibility index (Phi) is 3.48. The SMILES string of the molecule is CC(ON)C(=O)NC(C)(C)C. The van der Waals surface area contributed by atoms with Crippen molar-refractivity contribution >= 4 is 5.91 Å². The van der Waals surface area contributed by atoms with Crippen molar-refractivity contribution in [3.63, 3.8) is 0 Å². The molecule has 1 amide bonds. The van der Waals surface area contributed by atoms with Crippen LogP contribution in [0.15, 0.2) is 0 Å². The third-order valence-corrected chi connectivity index (χ3v) is 1.07. The van der Waals surface area contributed by atoms with Gasteiger partial charge >= 0.3 is 0 Å². The first kappa shape index (κ1) is 10.4. The van der Waals surface area contributed by atoms with Gasteiger partial charge in [0.1, 0.15) is 0 Å². The number of carbonyl (C=O) groups excluding carboxylic acids is 1. The van der Waals surface area contributed by atoms with Gasteiger partial charge in [0, 0.05) is 5.54 Å². The van der Waals surface area contributed by atoms with Crippen molar-refractivity contribution in [1.29, 1.82) is 0 Å². The molecular weight excluding hydrogens is 144 g/mol. The zero-order valence-electron chi connectivity index (χ0n) is 7.47. The van der Waals surface area contributed by atoms with E-state index in [-0.39, 0.29) is 11.4 Å². The first-order valence-electron chi connectivity index (χ1n) is 3.54. The number of carbonyl (C=O) groups is 1. The molecule has 0 aliphatic heterocycles. The lowest BCUT2D eigenvalue weighted by Gasteiger charge is -2.22. The van der Waals surface area contributed by atoms with Gasteiger partial charge in [-0.3, -0.25) is 9.63 Å². The van der Waals surface area contributed by atoms with E-state index in [1.165, 1.54) is 0 Å². The Morgan fingerprint density at radius 1 is 1.55 bits per heavy atom. The minimum atomic E-state index is -0.589. The van der Waals surface area contributed by atoms with Gasteiger partial charge in [0.15, 0.2) is 6.10 Å². The smallest absolute Gasteiger partial charge is 0.251 e. The van der Waals surface area contributed by atoms with Gasteiger partial charge < -0.3 is 5.32 Å². The molecule has 0 aromatic rings. The van der Waals surface area contributed by atoms with E-state index in [2.05, 4.69) is 10.2 Å². The molecule has 0 spiro atoms. The maximum Gasteiger partial charge on any atom is 0.251 e. The normalized spacial score (nSPS) is 14.3. The van der Waals surface area contributed by atoms with Crippen molar-refractivity contribution < 1.29 is 9.63 Å². The molecule has 0 aromatic carbocycles. The van der Waals surface area contributed by atoms with Crippen LogP contribution in [-0.4, -0.2) is 17.6 Å². The van der Waals surface area contributed by atoms with Crippen LogP contribution in [0, 0.1) is 0 Å².